The molecule has 1 fully saturated rings. The van der Waals surface area contributed by atoms with Crippen LogP contribution in [0.5, 0.6) is 0 Å². The second-order valence-electron chi connectivity index (χ2n) is 9.88. The molecule has 1 amide bonds. The first-order valence-corrected chi connectivity index (χ1v) is 12.9. The summed E-state index contributed by atoms with van der Waals surface area (Å²) >= 11 is 0. The monoisotopic (exact) mass is 484 g/mol. The molecule has 0 spiro atoms. The van der Waals surface area contributed by atoms with Gasteiger partial charge in [0.05, 0.1) is 28.2 Å². The first-order valence-electron chi connectivity index (χ1n) is 11.4. The van der Waals surface area contributed by atoms with Crippen molar-refractivity contribution in [2.45, 2.75) is 51.0 Å². The van der Waals surface area contributed by atoms with Crippen molar-refractivity contribution in [3.8, 4) is 0 Å². The second kappa shape index (κ2) is 9.03. The zero-order valence-corrected chi connectivity index (χ0v) is 21.1. The Morgan fingerprint density at radius 1 is 1.21 bits per heavy atom. The summed E-state index contributed by atoms with van der Waals surface area (Å²) < 4.78 is 35.6. The van der Waals surface area contributed by atoms with E-state index in [0.29, 0.717) is 17.3 Å². The SMILES string of the molecule is CC(=O)Nc1ccc(S(=O)(=O)N(C)c2ccc3c(c2)nc(C(C)(C)C)n3CC2CCOC2)cc1. The Morgan fingerprint density at radius 2 is 1.91 bits per heavy atom. The summed E-state index contributed by atoms with van der Waals surface area (Å²) in [4.78, 5) is 16.3. The van der Waals surface area contributed by atoms with Crippen LogP contribution in [0.15, 0.2) is 47.4 Å². The van der Waals surface area contributed by atoms with Crippen molar-refractivity contribution in [2.75, 3.05) is 29.9 Å². The molecule has 2 heterocycles. The number of rotatable bonds is 6. The molecule has 182 valence electrons. The quantitative estimate of drug-likeness (QED) is 0.567. The number of fused-ring (bicyclic) bond motifs is 1. The van der Waals surface area contributed by atoms with Gasteiger partial charge in [0.25, 0.3) is 10.0 Å². The van der Waals surface area contributed by atoms with E-state index >= 15 is 0 Å². The normalized spacial score (nSPS) is 16.7. The molecule has 2 aromatic carbocycles. The Bertz CT molecular complexity index is 1300. The molecule has 3 aromatic rings. The minimum Gasteiger partial charge on any atom is -0.381 e. The molecule has 1 aliphatic rings. The molecule has 1 aliphatic heterocycles. The maximum absolute atomic E-state index is 13.3. The van der Waals surface area contributed by atoms with Gasteiger partial charge in [0.2, 0.25) is 5.91 Å². The van der Waals surface area contributed by atoms with Crippen LogP contribution in [-0.4, -0.2) is 44.1 Å². The van der Waals surface area contributed by atoms with E-state index in [1.165, 1.54) is 30.4 Å². The van der Waals surface area contributed by atoms with Gasteiger partial charge < -0.3 is 14.6 Å². The number of carbonyl (C=O) groups excluding carboxylic acids is 1. The number of hydrogen-bond acceptors (Lipinski definition) is 5. The van der Waals surface area contributed by atoms with Gasteiger partial charge in [0.15, 0.2) is 0 Å². The van der Waals surface area contributed by atoms with E-state index in [2.05, 4.69) is 30.7 Å². The standard InChI is InChI=1S/C25H32N4O4S/c1-17(30)26-19-6-9-21(10-7-19)34(31,32)28(5)20-8-11-23-22(14-20)27-24(25(2,3)4)29(23)15-18-12-13-33-16-18/h6-11,14,18H,12-13,15-16H2,1-5H3,(H,26,30). The van der Waals surface area contributed by atoms with Gasteiger partial charge in [0, 0.05) is 44.1 Å². The van der Waals surface area contributed by atoms with Crippen molar-refractivity contribution in [1.29, 1.82) is 0 Å². The van der Waals surface area contributed by atoms with Crippen molar-refractivity contribution in [2.24, 2.45) is 5.92 Å². The average molecular weight is 485 g/mol. The van der Waals surface area contributed by atoms with Crippen LogP contribution in [0.1, 0.15) is 39.9 Å². The van der Waals surface area contributed by atoms with Gasteiger partial charge >= 0.3 is 0 Å². The molecule has 0 bridgehead atoms. The Morgan fingerprint density at radius 3 is 2.50 bits per heavy atom. The van der Waals surface area contributed by atoms with Crippen LogP contribution in [0.2, 0.25) is 0 Å². The molecule has 0 aliphatic carbocycles. The predicted octanol–water partition coefficient (Wildman–Crippen LogP) is 4.15. The van der Waals surface area contributed by atoms with E-state index in [1.54, 1.807) is 12.1 Å². The zero-order chi connectivity index (χ0) is 24.7. The Balaban J connectivity index is 1.68. The van der Waals surface area contributed by atoms with E-state index in [-0.39, 0.29) is 16.2 Å². The van der Waals surface area contributed by atoms with Gasteiger partial charge in [-0.2, -0.15) is 0 Å². The summed E-state index contributed by atoms with van der Waals surface area (Å²) in [6.45, 7) is 10.2. The summed E-state index contributed by atoms with van der Waals surface area (Å²) in [5, 5.41) is 2.64. The third-order valence-electron chi connectivity index (χ3n) is 6.06. The predicted molar refractivity (Wildman–Crippen MR) is 134 cm³/mol. The van der Waals surface area contributed by atoms with Gasteiger partial charge in [-0.15, -0.1) is 0 Å². The minimum atomic E-state index is -3.79. The molecule has 8 nitrogen and oxygen atoms in total. The number of aromatic nitrogens is 2. The van der Waals surface area contributed by atoms with E-state index in [9.17, 15) is 13.2 Å². The number of ether oxygens (including phenoxy) is 1. The van der Waals surface area contributed by atoms with Crippen molar-refractivity contribution in [1.82, 2.24) is 9.55 Å². The lowest BCUT2D eigenvalue weighted by molar-refractivity contribution is -0.114. The maximum atomic E-state index is 13.3. The topological polar surface area (TPSA) is 93.5 Å². The number of imidazole rings is 1. The van der Waals surface area contributed by atoms with Crippen LogP contribution < -0.4 is 9.62 Å². The summed E-state index contributed by atoms with van der Waals surface area (Å²) in [5.41, 5.74) is 2.68. The Labute approximate surface area is 201 Å². The molecule has 1 atom stereocenters. The van der Waals surface area contributed by atoms with Crippen molar-refractivity contribution < 1.29 is 17.9 Å². The third kappa shape index (κ3) is 4.81. The van der Waals surface area contributed by atoms with E-state index in [4.69, 9.17) is 9.72 Å². The number of nitrogens with zero attached hydrogens (tertiary/aromatic N) is 3. The smallest absolute Gasteiger partial charge is 0.264 e. The molecule has 0 radical (unpaired) electrons. The fourth-order valence-corrected chi connectivity index (χ4v) is 5.45. The highest BCUT2D eigenvalue weighted by molar-refractivity contribution is 7.92. The molecule has 0 saturated carbocycles. The lowest BCUT2D eigenvalue weighted by Gasteiger charge is -2.22. The number of sulfonamides is 1. The Kier molecular flexibility index (Phi) is 6.44. The van der Waals surface area contributed by atoms with Crippen LogP contribution in [-0.2, 0) is 31.5 Å². The molecule has 4 rings (SSSR count). The van der Waals surface area contributed by atoms with E-state index in [0.717, 1.165) is 43.0 Å². The summed E-state index contributed by atoms with van der Waals surface area (Å²) in [5.74, 6) is 1.21. The van der Waals surface area contributed by atoms with E-state index < -0.39 is 10.0 Å². The maximum Gasteiger partial charge on any atom is 0.264 e. The number of hydrogen-bond donors (Lipinski definition) is 1. The van der Waals surface area contributed by atoms with Crippen LogP contribution >= 0.6 is 0 Å². The summed E-state index contributed by atoms with van der Waals surface area (Å²) in [6.07, 6.45) is 1.03. The number of benzene rings is 2. The number of nitrogens with one attached hydrogen (secondary N) is 1. The number of anilines is 2. The van der Waals surface area contributed by atoms with Gasteiger partial charge in [-0.25, -0.2) is 13.4 Å². The molecule has 1 unspecified atom stereocenters. The lowest BCUT2D eigenvalue weighted by Crippen LogP contribution is -2.26. The molecule has 9 heteroatoms. The minimum absolute atomic E-state index is 0.145. The van der Waals surface area contributed by atoms with Crippen molar-refractivity contribution in [3.05, 3.63) is 48.3 Å². The molecular formula is C25H32N4O4S. The number of amides is 1. The number of carbonyl (C=O) groups is 1. The van der Waals surface area contributed by atoms with Crippen molar-refractivity contribution in [3.63, 3.8) is 0 Å². The van der Waals surface area contributed by atoms with Gasteiger partial charge in [0.1, 0.15) is 5.82 Å². The molecule has 1 N–H and O–H groups in total. The largest absolute Gasteiger partial charge is 0.381 e. The first-order chi connectivity index (χ1) is 16.0. The third-order valence-corrected chi connectivity index (χ3v) is 7.86. The van der Waals surface area contributed by atoms with Gasteiger partial charge in [-0.05, 0) is 48.9 Å². The summed E-state index contributed by atoms with van der Waals surface area (Å²) in [7, 11) is -2.25. The Hall–Kier alpha value is -2.91. The van der Waals surface area contributed by atoms with Crippen molar-refractivity contribution >= 4 is 38.3 Å². The van der Waals surface area contributed by atoms with Crippen LogP contribution in [0, 0.1) is 5.92 Å². The highest BCUT2D eigenvalue weighted by Gasteiger charge is 2.27. The van der Waals surface area contributed by atoms with E-state index in [1.807, 2.05) is 18.2 Å². The zero-order valence-electron chi connectivity index (χ0n) is 20.3. The van der Waals surface area contributed by atoms with Crippen LogP contribution in [0.4, 0.5) is 11.4 Å². The summed E-state index contributed by atoms with van der Waals surface area (Å²) in [6, 6.07) is 11.7. The first kappa shape index (κ1) is 24.2. The molecule has 1 saturated heterocycles. The lowest BCUT2D eigenvalue weighted by atomic mass is 9.95. The molecule has 1 aromatic heterocycles. The van der Waals surface area contributed by atoms with Crippen LogP contribution in [0.25, 0.3) is 11.0 Å². The fourth-order valence-electron chi connectivity index (χ4n) is 4.27. The van der Waals surface area contributed by atoms with Crippen LogP contribution in [0.3, 0.4) is 0 Å². The molecule has 34 heavy (non-hydrogen) atoms. The average Bonchev–Trinajstić information content (AvgIpc) is 3.41. The fraction of sp³-hybridized carbons (Fsp3) is 0.440. The second-order valence-corrected chi connectivity index (χ2v) is 11.8. The highest BCUT2D eigenvalue weighted by Crippen LogP contribution is 2.32. The highest BCUT2D eigenvalue weighted by atomic mass is 32.2. The molecular weight excluding hydrogens is 452 g/mol. The van der Waals surface area contributed by atoms with Gasteiger partial charge in [-0.1, -0.05) is 20.8 Å². The van der Waals surface area contributed by atoms with Gasteiger partial charge in [-0.3, -0.25) is 9.10 Å².